The number of carbonyl (C=O) groups is 1. The molecule has 0 fully saturated rings. The lowest BCUT2D eigenvalue weighted by Crippen LogP contribution is -2.13. The van der Waals surface area contributed by atoms with Crippen LogP contribution in [0.15, 0.2) is 30.7 Å². The van der Waals surface area contributed by atoms with Crippen LogP contribution in [0, 0.1) is 0 Å². The number of ketones is 1. The highest BCUT2D eigenvalue weighted by molar-refractivity contribution is 5.76. The van der Waals surface area contributed by atoms with Crippen molar-refractivity contribution >= 4 is 23.2 Å². The van der Waals surface area contributed by atoms with Gasteiger partial charge in [0.15, 0.2) is 0 Å². The van der Waals surface area contributed by atoms with E-state index < -0.39 is 0 Å². The topological polar surface area (TPSA) is 73.9 Å². The highest BCUT2D eigenvalue weighted by Gasteiger charge is 2.07. The summed E-state index contributed by atoms with van der Waals surface area (Å²) in [6, 6.07) is 5.74. The molecule has 0 saturated heterocycles. The molecule has 2 aromatic rings. The van der Waals surface area contributed by atoms with Crippen molar-refractivity contribution in [2.24, 2.45) is 0 Å². The van der Waals surface area contributed by atoms with Gasteiger partial charge in [0.1, 0.15) is 29.6 Å². The average Bonchev–Trinajstić information content (AvgIpc) is 2.91. The number of aromatic nitrogens is 3. The maximum atomic E-state index is 10.9. The van der Waals surface area contributed by atoms with E-state index in [9.17, 15) is 4.79 Å². The molecule has 0 aliphatic heterocycles. The Balaban J connectivity index is 2.04. The number of anilines is 3. The molecule has 0 bridgehead atoms. The minimum Gasteiger partial charge on any atom is -0.369 e. The first-order valence-corrected chi connectivity index (χ1v) is 6.09. The second kappa shape index (κ2) is 5.99. The van der Waals surface area contributed by atoms with E-state index in [2.05, 4.69) is 20.3 Å². The van der Waals surface area contributed by atoms with Crippen LogP contribution < -0.4 is 10.2 Å². The smallest absolute Gasteiger partial charge is 0.139 e. The van der Waals surface area contributed by atoms with Gasteiger partial charge in [-0.1, -0.05) is 0 Å². The third kappa shape index (κ3) is 3.54. The molecule has 100 valence electrons. The first kappa shape index (κ1) is 13.1. The maximum absolute atomic E-state index is 10.9. The summed E-state index contributed by atoms with van der Waals surface area (Å²) in [5, 5.41) is 3.11. The maximum Gasteiger partial charge on any atom is 0.139 e. The summed E-state index contributed by atoms with van der Waals surface area (Å²) in [5.41, 5.74) is 0. The second-order valence-corrected chi connectivity index (χ2v) is 4.25. The molecule has 2 aromatic heterocycles. The minimum absolute atomic E-state index is 0.158. The summed E-state index contributed by atoms with van der Waals surface area (Å²) in [7, 11) is 1.92. The van der Waals surface area contributed by atoms with Gasteiger partial charge in [-0.25, -0.2) is 9.97 Å². The van der Waals surface area contributed by atoms with Crippen molar-refractivity contribution in [2.75, 3.05) is 23.8 Å². The van der Waals surface area contributed by atoms with Crippen molar-refractivity contribution in [3.63, 3.8) is 0 Å². The summed E-state index contributed by atoms with van der Waals surface area (Å²) in [5.74, 6) is 2.60. The molecule has 0 radical (unpaired) electrons. The Morgan fingerprint density at radius 3 is 3.00 bits per heavy atom. The number of hydrogen-bond donors (Lipinski definition) is 2. The van der Waals surface area contributed by atoms with Gasteiger partial charge in [-0.2, -0.15) is 0 Å². The molecule has 2 heterocycles. The molecular formula is C13H17N5O. The lowest BCUT2D eigenvalue weighted by atomic mass is 10.3. The number of H-pyrrole nitrogens is 1. The first-order chi connectivity index (χ1) is 9.16. The summed E-state index contributed by atoms with van der Waals surface area (Å²) in [6.45, 7) is 2.16. The Morgan fingerprint density at radius 1 is 1.47 bits per heavy atom. The quantitative estimate of drug-likeness (QED) is 0.829. The number of hydrogen-bond acceptors (Lipinski definition) is 5. The monoisotopic (exact) mass is 259 g/mol. The molecule has 0 aliphatic carbocycles. The largest absolute Gasteiger partial charge is 0.369 e. The third-order valence-electron chi connectivity index (χ3n) is 2.72. The van der Waals surface area contributed by atoms with Crippen LogP contribution in [0.1, 0.15) is 13.3 Å². The number of aromatic amines is 1. The molecule has 6 nitrogen and oxygen atoms in total. The number of nitrogens with one attached hydrogen (secondary N) is 2. The molecule has 0 unspecified atom stereocenters. The highest BCUT2D eigenvalue weighted by atomic mass is 16.1. The fourth-order valence-corrected chi connectivity index (χ4v) is 1.65. The van der Waals surface area contributed by atoms with Gasteiger partial charge in [0.05, 0.1) is 0 Å². The van der Waals surface area contributed by atoms with E-state index in [1.165, 1.54) is 6.33 Å². The van der Waals surface area contributed by atoms with Crippen LogP contribution >= 0.6 is 0 Å². The van der Waals surface area contributed by atoms with Crippen molar-refractivity contribution in [3.05, 3.63) is 30.7 Å². The third-order valence-corrected chi connectivity index (χ3v) is 2.72. The highest BCUT2D eigenvalue weighted by Crippen LogP contribution is 2.20. The summed E-state index contributed by atoms with van der Waals surface area (Å²) in [6.07, 6.45) is 3.86. The van der Waals surface area contributed by atoms with Gasteiger partial charge in [0.25, 0.3) is 0 Å². The molecule has 0 aromatic carbocycles. The number of nitrogens with zero attached hydrogens (tertiary/aromatic N) is 3. The van der Waals surface area contributed by atoms with E-state index in [4.69, 9.17) is 0 Å². The summed E-state index contributed by atoms with van der Waals surface area (Å²) in [4.78, 5) is 24.3. The average molecular weight is 259 g/mol. The number of Topliss-reactive ketones (excluding diaryl/α,β-unsaturated/α-hetero) is 1. The van der Waals surface area contributed by atoms with Gasteiger partial charge >= 0.3 is 0 Å². The van der Waals surface area contributed by atoms with Gasteiger partial charge in [0.2, 0.25) is 0 Å². The van der Waals surface area contributed by atoms with E-state index >= 15 is 0 Å². The SMILES string of the molecule is CC(=O)CCNc1cc(N(C)c2ccc[nH]2)ncn1. The predicted molar refractivity (Wildman–Crippen MR) is 74.7 cm³/mol. The standard InChI is InChI=1S/C13H17N5O/c1-10(19)5-7-14-11-8-13(17-9-16-11)18(2)12-4-3-6-15-12/h3-4,6,8-9,15H,5,7H2,1-2H3,(H,14,16,17). The predicted octanol–water partition coefficient (Wildman–Crippen LogP) is 1.96. The van der Waals surface area contributed by atoms with Gasteiger partial charge in [-0.05, 0) is 19.1 Å². The van der Waals surface area contributed by atoms with Crippen LogP contribution in [-0.4, -0.2) is 34.3 Å². The van der Waals surface area contributed by atoms with Crippen LogP contribution in [0.25, 0.3) is 0 Å². The molecule has 2 rings (SSSR count). The summed E-state index contributed by atoms with van der Waals surface area (Å²) >= 11 is 0. The molecular weight excluding hydrogens is 242 g/mol. The van der Waals surface area contributed by atoms with Gasteiger partial charge < -0.3 is 15.2 Å². The van der Waals surface area contributed by atoms with Crippen molar-refractivity contribution in [1.29, 1.82) is 0 Å². The second-order valence-electron chi connectivity index (χ2n) is 4.25. The Labute approximate surface area is 111 Å². The summed E-state index contributed by atoms with van der Waals surface area (Å²) < 4.78 is 0. The van der Waals surface area contributed by atoms with E-state index in [-0.39, 0.29) is 5.78 Å². The van der Waals surface area contributed by atoms with E-state index in [0.29, 0.717) is 18.8 Å². The Kier molecular flexibility index (Phi) is 4.12. The zero-order valence-corrected chi connectivity index (χ0v) is 11.1. The molecule has 0 saturated carbocycles. The van der Waals surface area contributed by atoms with Crippen molar-refractivity contribution in [1.82, 2.24) is 15.0 Å². The Hall–Kier alpha value is -2.37. The Bertz CT molecular complexity index is 538. The molecule has 0 spiro atoms. The molecule has 19 heavy (non-hydrogen) atoms. The van der Waals surface area contributed by atoms with Crippen molar-refractivity contribution in [2.45, 2.75) is 13.3 Å². The number of carbonyl (C=O) groups excluding carboxylic acids is 1. The zero-order valence-electron chi connectivity index (χ0n) is 11.1. The van der Waals surface area contributed by atoms with Gasteiger partial charge in [-0.3, -0.25) is 4.79 Å². The normalized spacial score (nSPS) is 10.2. The van der Waals surface area contributed by atoms with Gasteiger partial charge in [-0.15, -0.1) is 0 Å². The number of rotatable bonds is 6. The molecule has 6 heteroatoms. The van der Waals surface area contributed by atoms with Crippen LogP contribution in [0.2, 0.25) is 0 Å². The molecule has 0 aliphatic rings. The van der Waals surface area contributed by atoms with Crippen LogP contribution in [0.3, 0.4) is 0 Å². The first-order valence-electron chi connectivity index (χ1n) is 6.09. The Morgan fingerprint density at radius 2 is 2.32 bits per heavy atom. The minimum atomic E-state index is 0.158. The fraction of sp³-hybridized carbons (Fsp3) is 0.308. The van der Waals surface area contributed by atoms with Gasteiger partial charge in [0, 0.05) is 32.3 Å². The van der Waals surface area contributed by atoms with E-state index in [0.717, 1.165) is 11.6 Å². The van der Waals surface area contributed by atoms with Crippen LogP contribution in [0.4, 0.5) is 17.5 Å². The zero-order chi connectivity index (χ0) is 13.7. The molecule has 0 amide bonds. The van der Waals surface area contributed by atoms with Crippen molar-refractivity contribution in [3.8, 4) is 0 Å². The molecule has 2 N–H and O–H groups in total. The fourth-order valence-electron chi connectivity index (χ4n) is 1.65. The molecule has 0 atom stereocenters. The van der Waals surface area contributed by atoms with E-state index in [1.54, 1.807) is 6.92 Å². The van der Waals surface area contributed by atoms with Crippen LogP contribution in [-0.2, 0) is 4.79 Å². The van der Waals surface area contributed by atoms with Crippen LogP contribution in [0.5, 0.6) is 0 Å². The van der Waals surface area contributed by atoms with Crippen molar-refractivity contribution < 1.29 is 4.79 Å². The lowest BCUT2D eigenvalue weighted by molar-refractivity contribution is -0.116. The van der Waals surface area contributed by atoms with E-state index in [1.807, 2.05) is 36.3 Å². The lowest BCUT2D eigenvalue weighted by Gasteiger charge is -2.16.